The van der Waals surface area contributed by atoms with Gasteiger partial charge in [-0.2, -0.15) is 0 Å². The highest BCUT2D eigenvalue weighted by Gasteiger charge is 2.33. The number of H-pyrrole nitrogens is 1. The number of terminal acetylenes is 1. The van der Waals surface area contributed by atoms with E-state index in [0.29, 0.717) is 22.4 Å². The average molecular weight is 652 g/mol. The number of nitrogens with one attached hydrogen (secondary N) is 2. The molecule has 14 nitrogen and oxygen atoms in total. The normalized spacial score (nSPS) is 12.1. The third-order valence-corrected chi connectivity index (χ3v) is 7.47. The molecule has 0 unspecified atom stereocenters. The van der Waals surface area contributed by atoms with E-state index in [2.05, 4.69) is 21.2 Å². The molecule has 1 aromatic heterocycles. The second kappa shape index (κ2) is 15.5. The van der Waals surface area contributed by atoms with Crippen LogP contribution in [0.25, 0.3) is 10.9 Å². The Kier molecular flexibility index (Phi) is 11.8. The van der Waals surface area contributed by atoms with Gasteiger partial charge in [0.15, 0.2) is 0 Å². The number of halogens is 1. The molecule has 5 N–H and O–H groups in total. The summed E-state index contributed by atoms with van der Waals surface area (Å²) >= 11 is 0. The van der Waals surface area contributed by atoms with Crippen LogP contribution >= 0.6 is 0 Å². The molecule has 0 fully saturated rings. The van der Waals surface area contributed by atoms with Gasteiger partial charge in [-0.1, -0.05) is 5.92 Å². The maximum absolute atomic E-state index is 15.4. The van der Waals surface area contributed by atoms with E-state index in [1.165, 1.54) is 6.07 Å². The number of benzene rings is 2. The second-order valence-corrected chi connectivity index (χ2v) is 10.9. The molecule has 1 heterocycles. The van der Waals surface area contributed by atoms with Gasteiger partial charge in [-0.05, 0) is 68.1 Å². The van der Waals surface area contributed by atoms with Crippen molar-refractivity contribution in [1.29, 1.82) is 0 Å². The minimum atomic E-state index is -1.58. The zero-order valence-corrected chi connectivity index (χ0v) is 25.9. The number of amides is 2. The Hall–Kier alpha value is -5.78. The van der Waals surface area contributed by atoms with Crippen LogP contribution in [-0.4, -0.2) is 85.6 Å². The quantitative estimate of drug-likeness (QED) is 0.150. The summed E-state index contributed by atoms with van der Waals surface area (Å²) in [7, 11) is 1.09. The minimum absolute atomic E-state index is 0.0374. The number of likely N-dealkylation sites (N-methyl/N-ethyl adjacent to an activating group) is 1. The van der Waals surface area contributed by atoms with Crippen molar-refractivity contribution < 1.29 is 43.7 Å². The highest BCUT2D eigenvalue weighted by molar-refractivity contribution is 5.98. The van der Waals surface area contributed by atoms with Gasteiger partial charge in [0.2, 0.25) is 5.91 Å². The van der Waals surface area contributed by atoms with Crippen LogP contribution in [0.1, 0.15) is 53.0 Å². The molecule has 0 spiro atoms. The number of aliphatic carboxylic acids is 3. The smallest absolute Gasteiger partial charge is 0.326 e. The summed E-state index contributed by atoms with van der Waals surface area (Å²) in [5.74, 6) is -4.18. The molecule has 0 aliphatic rings. The number of carbonyl (C=O) groups is 5. The lowest BCUT2D eigenvalue weighted by Gasteiger charge is -2.29. The molecule has 2 atom stereocenters. The Morgan fingerprint density at radius 2 is 1.70 bits per heavy atom. The third kappa shape index (κ3) is 9.13. The second-order valence-electron chi connectivity index (χ2n) is 10.9. The Bertz CT molecular complexity index is 1820. The van der Waals surface area contributed by atoms with Gasteiger partial charge < -0.3 is 35.4 Å². The summed E-state index contributed by atoms with van der Waals surface area (Å²) in [6.07, 6.45) is 3.53. The van der Waals surface area contributed by atoms with Gasteiger partial charge in [0, 0.05) is 32.1 Å². The lowest BCUT2D eigenvalue weighted by atomic mass is 10.0. The van der Waals surface area contributed by atoms with Crippen molar-refractivity contribution in [3.8, 4) is 12.3 Å². The fourth-order valence-corrected chi connectivity index (χ4v) is 4.97. The number of aryl methyl sites for hydroxylation is 2. The molecule has 15 heteroatoms. The Morgan fingerprint density at radius 3 is 2.30 bits per heavy atom. The summed E-state index contributed by atoms with van der Waals surface area (Å²) in [6, 6.07) is 3.95. The van der Waals surface area contributed by atoms with Crippen LogP contribution in [0.3, 0.4) is 0 Å². The molecule has 0 saturated heterocycles. The van der Waals surface area contributed by atoms with Gasteiger partial charge >= 0.3 is 17.9 Å². The molecular weight excluding hydrogens is 617 g/mol. The van der Waals surface area contributed by atoms with E-state index in [0.717, 1.165) is 35.2 Å². The third-order valence-electron chi connectivity index (χ3n) is 7.47. The number of aromatic amines is 1. The maximum Gasteiger partial charge on any atom is 0.326 e. The lowest BCUT2D eigenvalue weighted by Crippen LogP contribution is -2.52. The topological polar surface area (TPSA) is 210 Å². The minimum Gasteiger partial charge on any atom is -0.481 e. The van der Waals surface area contributed by atoms with Crippen molar-refractivity contribution in [1.82, 2.24) is 20.2 Å². The van der Waals surface area contributed by atoms with Crippen molar-refractivity contribution >= 4 is 46.3 Å². The molecule has 0 aliphatic heterocycles. The first-order valence-electron chi connectivity index (χ1n) is 14.3. The number of carbonyl (C=O) groups excluding carboxylic acids is 2. The van der Waals surface area contributed by atoms with Crippen LogP contribution in [0.2, 0.25) is 0 Å². The van der Waals surface area contributed by atoms with Gasteiger partial charge in [0.25, 0.3) is 11.5 Å². The molecule has 0 bridgehead atoms. The Labute approximate surface area is 268 Å². The number of hydrogen-bond donors (Lipinski definition) is 5. The van der Waals surface area contributed by atoms with Crippen molar-refractivity contribution in [2.45, 2.75) is 58.2 Å². The standard InChI is InChI=1S/C32H34FN5O9/c1-5-12-38(16-19-14-22-25(13-17(19)2)34-18(3)35-30(22)44)20-6-7-21(23(33)15-20)29(43)36-24(8-10-27(39)40)31(45)37(4)26(32(46)47)9-11-28(41)42/h1,6-7,13-15,24,26H,8-12,16H2,2-4H3,(H,36,43)(H,39,40)(H,41,42)(H,46,47)(H,34,35,44)/t24-,26-/m0/s1. The van der Waals surface area contributed by atoms with Crippen LogP contribution in [0.4, 0.5) is 10.1 Å². The van der Waals surface area contributed by atoms with Gasteiger partial charge in [-0.3, -0.25) is 24.0 Å². The first kappa shape index (κ1) is 35.7. The fourth-order valence-electron chi connectivity index (χ4n) is 4.97. The Morgan fingerprint density at radius 1 is 1.04 bits per heavy atom. The number of fused-ring (bicyclic) bond motifs is 1. The molecule has 3 rings (SSSR count). The SMILES string of the molecule is C#CCN(Cc1cc2c(=O)[nH]c(C)nc2cc1C)c1ccc(C(=O)N[C@@H](CCC(=O)O)C(=O)N(C)[C@@H](CCC(=O)O)C(=O)O)c(F)c1. The van der Waals surface area contributed by atoms with Crippen molar-refractivity contribution in [3.63, 3.8) is 0 Å². The molecule has 248 valence electrons. The largest absolute Gasteiger partial charge is 0.481 e. The molecule has 0 aliphatic carbocycles. The highest BCUT2D eigenvalue weighted by atomic mass is 19.1. The maximum atomic E-state index is 15.4. The zero-order valence-electron chi connectivity index (χ0n) is 25.9. The predicted molar refractivity (Wildman–Crippen MR) is 167 cm³/mol. The van der Waals surface area contributed by atoms with E-state index in [1.54, 1.807) is 24.0 Å². The van der Waals surface area contributed by atoms with E-state index >= 15 is 4.39 Å². The van der Waals surface area contributed by atoms with E-state index in [4.69, 9.17) is 16.6 Å². The van der Waals surface area contributed by atoms with Gasteiger partial charge in [-0.25, -0.2) is 14.2 Å². The molecule has 0 saturated carbocycles. The van der Waals surface area contributed by atoms with Crippen molar-refractivity contribution in [3.05, 3.63) is 69.0 Å². The van der Waals surface area contributed by atoms with E-state index in [9.17, 15) is 33.9 Å². The first-order valence-corrected chi connectivity index (χ1v) is 14.3. The van der Waals surface area contributed by atoms with Crippen LogP contribution < -0.4 is 15.8 Å². The van der Waals surface area contributed by atoms with Crippen LogP contribution in [-0.2, 0) is 25.7 Å². The predicted octanol–water partition coefficient (Wildman–Crippen LogP) is 2.06. The highest BCUT2D eigenvalue weighted by Crippen LogP contribution is 2.24. The number of rotatable bonds is 15. The molecule has 3 aromatic rings. The van der Waals surface area contributed by atoms with E-state index in [1.807, 2.05) is 6.92 Å². The molecule has 2 aromatic carbocycles. The number of anilines is 1. The van der Waals surface area contributed by atoms with Crippen molar-refractivity contribution in [2.75, 3.05) is 18.5 Å². The van der Waals surface area contributed by atoms with Gasteiger partial charge in [-0.15, -0.1) is 6.42 Å². The fraction of sp³-hybridized carbons (Fsp3) is 0.344. The summed E-state index contributed by atoms with van der Waals surface area (Å²) in [5.41, 5.74) is 1.54. The lowest BCUT2D eigenvalue weighted by molar-refractivity contribution is -0.151. The first-order chi connectivity index (χ1) is 22.1. The molecule has 47 heavy (non-hydrogen) atoms. The number of carboxylic acids is 3. The van der Waals surface area contributed by atoms with Crippen molar-refractivity contribution in [2.24, 2.45) is 0 Å². The van der Waals surface area contributed by atoms with Crippen LogP contribution in [0.15, 0.2) is 35.1 Å². The molecular formula is C32H34FN5O9. The summed E-state index contributed by atoms with van der Waals surface area (Å²) in [4.78, 5) is 82.1. The average Bonchev–Trinajstić information content (AvgIpc) is 2.98. The van der Waals surface area contributed by atoms with Crippen LogP contribution in [0.5, 0.6) is 0 Å². The zero-order chi connectivity index (χ0) is 35.0. The molecule has 2 amide bonds. The Balaban J connectivity index is 1.87. The summed E-state index contributed by atoms with van der Waals surface area (Å²) in [6.45, 7) is 3.72. The summed E-state index contributed by atoms with van der Waals surface area (Å²) in [5, 5.41) is 30.3. The number of hydrogen-bond acceptors (Lipinski definition) is 8. The van der Waals surface area contributed by atoms with E-state index in [-0.39, 0.29) is 18.6 Å². The monoisotopic (exact) mass is 651 g/mol. The number of aromatic nitrogens is 2. The summed E-state index contributed by atoms with van der Waals surface area (Å²) < 4.78 is 15.4. The number of carboxylic acid groups (broad SMARTS) is 3. The van der Waals surface area contributed by atoms with Gasteiger partial charge in [0.05, 0.1) is 23.0 Å². The number of nitrogens with zero attached hydrogens (tertiary/aromatic N) is 3. The van der Waals surface area contributed by atoms with E-state index < -0.39 is 78.9 Å². The molecule has 0 radical (unpaired) electrons. The van der Waals surface area contributed by atoms with Gasteiger partial charge in [0.1, 0.15) is 23.7 Å². The van der Waals surface area contributed by atoms with Crippen LogP contribution in [0, 0.1) is 32.0 Å².